The maximum atomic E-state index is 10.5. The van der Waals surface area contributed by atoms with Crippen LogP contribution in [0.3, 0.4) is 0 Å². The van der Waals surface area contributed by atoms with Crippen molar-refractivity contribution >= 4 is 12.0 Å². The van der Waals surface area contributed by atoms with E-state index in [1.54, 1.807) is 12.1 Å². The van der Waals surface area contributed by atoms with E-state index < -0.39 is 0 Å². The quantitative estimate of drug-likeness (QED) is 0.773. The molecule has 0 atom stereocenters. The van der Waals surface area contributed by atoms with Crippen LogP contribution in [0.15, 0.2) is 56.3 Å². The van der Waals surface area contributed by atoms with E-state index in [0.717, 1.165) is 16.8 Å². The summed E-state index contributed by atoms with van der Waals surface area (Å²) in [6, 6.07) is 11.1. The molecule has 5 nitrogen and oxygen atoms in total. The molecule has 88 valence electrons. The van der Waals surface area contributed by atoms with Gasteiger partial charge in [0.1, 0.15) is 12.3 Å². The standard InChI is InChI=1S/C13H9N3O2/c17-8-11-5-6-13(18-11)10-3-1-9(2-4-10)12-7-14-16-15-12/h1-6,8H,7H2. The van der Waals surface area contributed by atoms with Crippen molar-refractivity contribution < 1.29 is 9.21 Å². The van der Waals surface area contributed by atoms with Gasteiger partial charge in [0.2, 0.25) is 0 Å². The van der Waals surface area contributed by atoms with Gasteiger partial charge < -0.3 is 4.42 Å². The predicted molar refractivity (Wildman–Crippen MR) is 65.8 cm³/mol. The highest BCUT2D eigenvalue weighted by molar-refractivity contribution is 6.02. The molecule has 0 N–H and O–H groups in total. The molecule has 0 fully saturated rings. The molecule has 1 aliphatic rings. The summed E-state index contributed by atoms with van der Waals surface area (Å²) in [4.78, 5) is 10.5. The Balaban J connectivity index is 1.88. The number of carbonyl (C=O) groups is 1. The fourth-order valence-corrected chi connectivity index (χ4v) is 1.76. The molecular weight excluding hydrogens is 230 g/mol. The number of carbonyl (C=O) groups excluding carboxylic acids is 1. The van der Waals surface area contributed by atoms with Gasteiger partial charge in [-0.05, 0) is 22.9 Å². The van der Waals surface area contributed by atoms with Gasteiger partial charge in [0, 0.05) is 5.56 Å². The lowest BCUT2D eigenvalue weighted by atomic mass is 10.1. The van der Waals surface area contributed by atoms with Gasteiger partial charge in [-0.3, -0.25) is 4.79 Å². The first-order valence-corrected chi connectivity index (χ1v) is 5.46. The van der Waals surface area contributed by atoms with E-state index in [0.29, 0.717) is 24.4 Å². The van der Waals surface area contributed by atoms with Crippen molar-refractivity contribution in [2.75, 3.05) is 6.54 Å². The Labute approximate surface area is 103 Å². The van der Waals surface area contributed by atoms with Crippen LogP contribution in [0.2, 0.25) is 0 Å². The van der Waals surface area contributed by atoms with Gasteiger partial charge in [0.15, 0.2) is 12.0 Å². The second-order valence-corrected chi connectivity index (χ2v) is 3.83. The first kappa shape index (κ1) is 10.6. The van der Waals surface area contributed by atoms with E-state index in [1.165, 1.54) is 0 Å². The van der Waals surface area contributed by atoms with Gasteiger partial charge in [0.25, 0.3) is 0 Å². The maximum Gasteiger partial charge on any atom is 0.185 e. The minimum absolute atomic E-state index is 0.326. The summed E-state index contributed by atoms with van der Waals surface area (Å²) < 4.78 is 5.35. The number of nitrogens with zero attached hydrogens (tertiary/aromatic N) is 3. The Hall–Kier alpha value is -2.56. The van der Waals surface area contributed by atoms with Crippen molar-refractivity contribution in [3.63, 3.8) is 0 Å². The Morgan fingerprint density at radius 3 is 2.44 bits per heavy atom. The van der Waals surface area contributed by atoms with Gasteiger partial charge >= 0.3 is 0 Å². The summed E-state index contributed by atoms with van der Waals surface area (Å²) in [5.41, 5.74) is 2.76. The molecule has 2 aromatic rings. The third-order valence-corrected chi connectivity index (χ3v) is 2.69. The molecule has 2 heterocycles. The van der Waals surface area contributed by atoms with Crippen LogP contribution in [0.5, 0.6) is 0 Å². The molecule has 5 heteroatoms. The molecule has 0 amide bonds. The number of aldehydes is 1. The third-order valence-electron chi connectivity index (χ3n) is 2.69. The molecule has 3 rings (SSSR count). The SMILES string of the molecule is O=Cc1ccc(-c2ccc(C3=NN=NC3)cc2)o1. The molecule has 0 unspecified atom stereocenters. The van der Waals surface area contributed by atoms with Crippen LogP contribution in [0, 0.1) is 0 Å². The first-order chi connectivity index (χ1) is 8.86. The molecule has 0 saturated heterocycles. The lowest BCUT2D eigenvalue weighted by Crippen LogP contribution is -2.00. The number of rotatable bonds is 3. The lowest BCUT2D eigenvalue weighted by Gasteiger charge is -2.00. The molecule has 0 saturated carbocycles. The Kier molecular flexibility index (Phi) is 2.57. The zero-order chi connectivity index (χ0) is 12.4. The minimum Gasteiger partial charge on any atom is -0.453 e. The van der Waals surface area contributed by atoms with Crippen LogP contribution in [-0.4, -0.2) is 18.5 Å². The largest absolute Gasteiger partial charge is 0.453 e. The highest BCUT2D eigenvalue weighted by Gasteiger charge is 2.09. The lowest BCUT2D eigenvalue weighted by molar-refractivity contribution is 0.110. The van der Waals surface area contributed by atoms with Crippen molar-refractivity contribution in [1.29, 1.82) is 0 Å². The summed E-state index contributed by atoms with van der Waals surface area (Å²) in [5, 5.41) is 11.3. The Morgan fingerprint density at radius 1 is 1.06 bits per heavy atom. The van der Waals surface area contributed by atoms with Gasteiger partial charge in [0.05, 0.1) is 5.71 Å². The van der Waals surface area contributed by atoms with Crippen molar-refractivity contribution in [1.82, 2.24) is 0 Å². The normalized spacial score (nSPS) is 13.7. The number of hydrogen-bond acceptors (Lipinski definition) is 5. The highest BCUT2D eigenvalue weighted by atomic mass is 16.3. The summed E-state index contributed by atoms with van der Waals surface area (Å²) >= 11 is 0. The van der Waals surface area contributed by atoms with Crippen LogP contribution in [0.4, 0.5) is 0 Å². The summed E-state index contributed by atoms with van der Waals surface area (Å²) in [5.74, 6) is 0.998. The number of furan rings is 1. The second kappa shape index (κ2) is 4.37. The fraction of sp³-hybridized carbons (Fsp3) is 0.0769. The molecule has 1 aromatic carbocycles. The van der Waals surface area contributed by atoms with E-state index in [-0.39, 0.29) is 0 Å². The van der Waals surface area contributed by atoms with Gasteiger partial charge in [-0.25, -0.2) is 0 Å². The molecule has 0 radical (unpaired) electrons. The van der Waals surface area contributed by atoms with Crippen LogP contribution >= 0.6 is 0 Å². The van der Waals surface area contributed by atoms with Crippen molar-refractivity contribution in [3.05, 3.63) is 47.7 Å². The second-order valence-electron chi connectivity index (χ2n) is 3.83. The van der Waals surface area contributed by atoms with Crippen molar-refractivity contribution in [3.8, 4) is 11.3 Å². The third kappa shape index (κ3) is 1.86. The molecule has 18 heavy (non-hydrogen) atoms. The van der Waals surface area contributed by atoms with Crippen LogP contribution < -0.4 is 0 Å². The average molecular weight is 239 g/mol. The van der Waals surface area contributed by atoms with E-state index in [2.05, 4.69) is 15.4 Å². The summed E-state index contributed by atoms with van der Waals surface area (Å²) in [6.45, 7) is 0.523. The summed E-state index contributed by atoms with van der Waals surface area (Å²) in [7, 11) is 0. The number of hydrogen-bond donors (Lipinski definition) is 0. The maximum absolute atomic E-state index is 10.5. The first-order valence-electron chi connectivity index (χ1n) is 5.46. The predicted octanol–water partition coefficient (Wildman–Crippen LogP) is 2.93. The smallest absolute Gasteiger partial charge is 0.185 e. The molecule has 1 aromatic heterocycles. The molecule has 0 aliphatic carbocycles. The average Bonchev–Trinajstić information content (AvgIpc) is 3.10. The van der Waals surface area contributed by atoms with Crippen LogP contribution in [0.1, 0.15) is 16.1 Å². The van der Waals surface area contributed by atoms with E-state index in [9.17, 15) is 4.79 Å². The molecule has 0 spiro atoms. The highest BCUT2D eigenvalue weighted by Crippen LogP contribution is 2.22. The zero-order valence-corrected chi connectivity index (χ0v) is 9.41. The number of benzene rings is 1. The van der Waals surface area contributed by atoms with E-state index >= 15 is 0 Å². The molecule has 1 aliphatic heterocycles. The minimum atomic E-state index is 0.326. The van der Waals surface area contributed by atoms with E-state index in [1.807, 2.05) is 24.3 Å². The van der Waals surface area contributed by atoms with Gasteiger partial charge in [-0.2, -0.15) is 5.11 Å². The van der Waals surface area contributed by atoms with E-state index in [4.69, 9.17) is 4.42 Å². The van der Waals surface area contributed by atoms with Gasteiger partial charge in [-0.1, -0.05) is 24.3 Å². The van der Waals surface area contributed by atoms with Crippen LogP contribution in [0.25, 0.3) is 11.3 Å². The Bertz CT molecular complexity index is 639. The Morgan fingerprint density at radius 2 is 1.83 bits per heavy atom. The fourth-order valence-electron chi connectivity index (χ4n) is 1.76. The van der Waals surface area contributed by atoms with Crippen LogP contribution in [-0.2, 0) is 0 Å². The van der Waals surface area contributed by atoms with Gasteiger partial charge in [-0.15, -0.1) is 5.10 Å². The monoisotopic (exact) mass is 239 g/mol. The topological polar surface area (TPSA) is 67.3 Å². The zero-order valence-electron chi connectivity index (χ0n) is 9.41. The van der Waals surface area contributed by atoms with Crippen molar-refractivity contribution in [2.24, 2.45) is 15.4 Å². The van der Waals surface area contributed by atoms with Crippen molar-refractivity contribution in [2.45, 2.75) is 0 Å². The molecular formula is C13H9N3O2. The molecule has 0 bridgehead atoms. The summed E-state index contributed by atoms with van der Waals surface area (Å²) in [6.07, 6.45) is 0.689.